The molecule has 27 heavy (non-hydrogen) atoms. The summed E-state index contributed by atoms with van der Waals surface area (Å²) in [5.41, 5.74) is 3.45. The van der Waals surface area contributed by atoms with Gasteiger partial charge in [0.05, 0.1) is 16.9 Å². The third-order valence-electron chi connectivity index (χ3n) is 5.75. The Morgan fingerprint density at radius 1 is 1.07 bits per heavy atom. The number of aromatic amines is 1. The Labute approximate surface area is 160 Å². The topological polar surface area (TPSA) is 50.2 Å². The minimum Gasteiger partial charge on any atom is -0.320 e. The van der Waals surface area contributed by atoms with Crippen molar-refractivity contribution >= 4 is 10.9 Å². The third kappa shape index (κ3) is 3.81. The van der Waals surface area contributed by atoms with E-state index in [0.717, 1.165) is 17.9 Å². The molecule has 3 aromatic rings. The molecule has 2 atom stereocenters. The number of hydrogen-bond acceptors (Lipinski definition) is 2. The zero-order chi connectivity index (χ0) is 19.0. The lowest BCUT2D eigenvalue weighted by atomic mass is 10.0. The van der Waals surface area contributed by atoms with Crippen LogP contribution in [0.5, 0.6) is 0 Å². The van der Waals surface area contributed by atoms with Gasteiger partial charge in [0, 0.05) is 18.4 Å². The molecule has 1 heterocycles. The molecule has 0 bridgehead atoms. The minimum atomic E-state index is -0.0427. The van der Waals surface area contributed by atoms with Gasteiger partial charge < -0.3 is 9.88 Å². The lowest BCUT2D eigenvalue weighted by Crippen LogP contribution is -3.12. The van der Waals surface area contributed by atoms with Gasteiger partial charge in [-0.3, -0.25) is 4.79 Å². The van der Waals surface area contributed by atoms with Crippen molar-refractivity contribution in [2.24, 2.45) is 0 Å². The molecule has 1 aliphatic carbocycles. The van der Waals surface area contributed by atoms with E-state index < -0.39 is 0 Å². The second-order valence-electron chi connectivity index (χ2n) is 8.11. The van der Waals surface area contributed by atoms with Crippen LogP contribution in [-0.4, -0.2) is 16.0 Å². The molecule has 140 valence electrons. The zero-order valence-electron chi connectivity index (χ0n) is 16.3. The van der Waals surface area contributed by atoms with E-state index in [-0.39, 0.29) is 11.6 Å². The average Bonchev–Trinajstić information content (AvgIpc) is 3.51. The molecule has 4 rings (SSSR count). The highest BCUT2D eigenvalue weighted by Gasteiger charge is 2.38. The van der Waals surface area contributed by atoms with Gasteiger partial charge in [-0.15, -0.1) is 0 Å². The second kappa shape index (κ2) is 7.28. The summed E-state index contributed by atoms with van der Waals surface area (Å²) < 4.78 is 0. The summed E-state index contributed by atoms with van der Waals surface area (Å²) in [6.07, 6.45) is 2.50. The molecule has 1 aromatic heterocycles. The Kier molecular flexibility index (Phi) is 4.83. The summed E-state index contributed by atoms with van der Waals surface area (Å²) in [6.45, 7) is 7.59. The third-order valence-corrected chi connectivity index (χ3v) is 5.75. The van der Waals surface area contributed by atoms with Gasteiger partial charge >= 0.3 is 0 Å². The summed E-state index contributed by atoms with van der Waals surface area (Å²) in [6, 6.07) is 17.4. The standard InChI is InChI=1S/C23H27N3O/c1-15(2)18-10-8-17(9-11-18)14-26(19-12-13-19)16(3)22-24-21-7-5-4-6-20(21)23(27)25-22/h4-11,15-16,19H,12-14H2,1-3H3,(H,24,25,27)/p+1/t16-/m0/s1. The number of nitrogens with zero attached hydrogens (tertiary/aromatic N) is 1. The van der Waals surface area contributed by atoms with Crippen molar-refractivity contribution in [1.82, 2.24) is 9.97 Å². The van der Waals surface area contributed by atoms with Crippen LogP contribution in [0.1, 0.15) is 62.5 Å². The van der Waals surface area contributed by atoms with Crippen LogP contribution in [0.4, 0.5) is 0 Å². The van der Waals surface area contributed by atoms with Gasteiger partial charge in [0.15, 0.2) is 5.82 Å². The monoisotopic (exact) mass is 362 g/mol. The number of hydrogen-bond donors (Lipinski definition) is 2. The van der Waals surface area contributed by atoms with Crippen molar-refractivity contribution in [2.75, 3.05) is 0 Å². The molecule has 1 saturated carbocycles. The van der Waals surface area contributed by atoms with Crippen LogP contribution in [0.25, 0.3) is 10.9 Å². The predicted molar refractivity (Wildman–Crippen MR) is 109 cm³/mol. The molecule has 2 aromatic carbocycles. The Bertz CT molecular complexity index is 986. The van der Waals surface area contributed by atoms with Gasteiger partial charge in [0.1, 0.15) is 12.6 Å². The molecule has 0 spiro atoms. The largest absolute Gasteiger partial charge is 0.320 e. The molecule has 2 N–H and O–H groups in total. The predicted octanol–water partition coefficient (Wildman–Crippen LogP) is 3.36. The lowest BCUT2D eigenvalue weighted by molar-refractivity contribution is -0.954. The van der Waals surface area contributed by atoms with E-state index >= 15 is 0 Å². The second-order valence-corrected chi connectivity index (χ2v) is 8.11. The van der Waals surface area contributed by atoms with E-state index in [4.69, 9.17) is 4.98 Å². The van der Waals surface area contributed by atoms with E-state index in [0.29, 0.717) is 17.3 Å². The van der Waals surface area contributed by atoms with Crippen LogP contribution < -0.4 is 10.5 Å². The zero-order valence-corrected chi connectivity index (χ0v) is 16.3. The normalized spacial score (nSPS) is 16.6. The van der Waals surface area contributed by atoms with E-state index in [1.807, 2.05) is 24.3 Å². The van der Waals surface area contributed by atoms with Crippen molar-refractivity contribution in [3.63, 3.8) is 0 Å². The first kappa shape index (κ1) is 17.9. The van der Waals surface area contributed by atoms with Crippen LogP contribution in [0.3, 0.4) is 0 Å². The van der Waals surface area contributed by atoms with E-state index in [1.54, 1.807) is 0 Å². The van der Waals surface area contributed by atoms with Crippen LogP contribution in [-0.2, 0) is 6.54 Å². The molecule has 0 saturated heterocycles. The Hall–Kier alpha value is -2.46. The van der Waals surface area contributed by atoms with E-state index in [1.165, 1.54) is 28.9 Å². The van der Waals surface area contributed by atoms with Gasteiger partial charge in [-0.25, -0.2) is 4.98 Å². The maximum atomic E-state index is 12.5. The first-order valence-electron chi connectivity index (χ1n) is 9.96. The number of fused-ring (bicyclic) bond motifs is 1. The van der Waals surface area contributed by atoms with Crippen LogP contribution in [0.2, 0.25) is 0 Å². The van der Waals surface area contributed by atoms with Gasteiger partial charge in [0.25, 0.3) is 5.56 Å². The Morgan fingerprint density at radius 3 is 2.44 bits per heavy atom. The summed E-state index contributed by atoms with van der Waals surface area (Å²) in [5, 5.41) is 0.658. The minimum absolute atomic E-state index is 0.0427. The Balaban J connectivity index is 1.61. The number of nitrogens with one attached hydrogen (secondary N) is 2. The molecule has 1 fully saturated rings. The fourth-order valence-corrected chi connectivity index (χ4v) is 3.85. The highest BCUT2D eigenvalue weighted by atomic mass is 16.1. The highest BCUT2D eigenvalue weighted by Crippen LogP contribution is 2.20. The molecule has 0 amide bonds. The van der Waals surface area contributed by atoms with E-state index in [2.05, 4.69) is 50.0 Å². The fourth-order valence-electron chi connectivity index (χ4n) is 3.85. The van der Waals surface area contributed by atoms with Gasteiger partial charge in [-0.1, -0.05) is 50.2 Å². The van der Waals surface area contributed by atoms with Crippen LogP contribution >= 0.6 is 0 Å². The van der Waals surface area contributed by atoms with Gasteiger partial charge in [0.2, 0.25) is 0 Å². The summed E-state index contributed by atoms with van der Waals surface area (Å²) in [4.78, 5) is 21.8. The molecule has 4 nitrogen and oxygen atoms in total. The first-order valence-corrected chi connectivity index (χ1v) is 9.96. The van der Waals surface area contributed by atoms with Gasteiger partial charge in [-0.05, 0) is 30.5 Å². The molecule has 0 aliphatic heterocycles. The number of para-hydroxylation sites is 1. The Morgan fingerprint density at radius 2 is 1.78 bits per heavy atom. The molecule has 4 heteroatoms. The summed E-state index contributed by atoms with van der Waals surface area (Å²) in [5.74, 6) is 1.34. The number of H-pyrrole nitrogens is 1. The quantitative estimate of drug-likeness (QED) is 0.706. The lowest BCUT2D eigenvalue weighted by Gasteiger charge is -2.26. The maximum absolute atomic E-state index is 12.5. The summed E-state index contributed by atoms with van der Waals surface area (Å²) >= 11 is 0. The number of aromatic nitrogens is 2. The molecule has 0 radical (unpaired) electrons. The number of quaternary nitrogens is 1. The van der Waals surface area contributed by atoms with Crippen molar-refractivity contribution < 1.29 is 4.90 Å². The molecule has 1 aliphatic rings. The smallest absolute Gasteiger partial charge is 0.258 e. The first-order chi connectivity index (χ1) is 13.0. The SMILES string of the molecule is CC(C)c1ccc(C[NH+](C2CC2)[C@@H](C)c2nc3ccccc3c(=O)[nH]2)cc1. The molecular formula is C23H28N3O+. The average molecular weight is 362 g/mol. The van der Waals surface area contributed by atoms with Crippen molar-refractivity contribution in [1.29, 1.82) is 0 Å². The fraction of sp³-hybridized carbons (Fsp3) is 0.391. The summed E-state index contributed by atoms with van der Waals surface area (Å²) in [7, 11) is 0. The van der Waals surface area contributed by atoms with Crippen LogP contribution in [0, 0.1) is 0 Å². The van der Waals surface area contributed by atoms with Crippen molar-refractivity contribution in [2.45, 2.75) is 58.2 Å². The van der Waals surface area contributed by atoms with Gasteiger partial charge in [-0.2, -0.15) is 0 Å². The maximum Gasteiger partial charge on any atom is 0.258 e. The van der Waals surface area contributed by atoms with Crippen molar-refractivity contribution in [3.8, 4) is 0 Å². The number of rotatable bonds is 6. The van der Waals surface area contributed by atoms with Crippen LogP contribution in [0.15, 0.2) is 53.3 Å². The molecular weight excluding hydrogens is 334 g/mol. The molecule has 1 unspecified atom stereocenters. The highest BCUT2D eigenvalue weighted by molar-refractivity contribution is 5.77. The number of benzene rings is 2. The van der Waals surface area contributed by atoms with E-state index in [9.17, 15) is 4.79 Å². The van der Waals surface area contributed by atoms with Crippen molar-refractivity contribution in [3.05, 3.63) is 75.8 Å².